The lowest BCUT2D eigenvalue weighted by Crippen LogP contribution is -2.37. The number of H-pyrrole nitrogens is 1. The summed E-state index contributed by atoms with van der Waals surface area (Å²) in [5.41, 5.74) is 2.09. The number of carbonyl (C=O) groups is 1. The number of phenols is 1. The molecule has 1 aromatic heterocycles. The minimum atomic E-state index is -0.589. The Morgan fingerprint density at radius 1 is 1.31 bits per heavy atom. The van der Waals surface area contributed by atoms with Gasteiger partial charge in [0.15, 0.2) is 22.4 Å². The summed E-state index contributed by atoms with van der Waals surface area (Å²) in [6.45, 7) is 6.22. The van der Waals surface area contributed by atoms with Crippen LogP contribution in [0.2, 0.25) is 0 Å². The van der Waals surface area contributed by atoms with E-state index in [1.165, 1.54) is 18.9 Å². The molecule has 170 valence electrons. The molecule has 0 bridgehead atoms. The van der Waals surface area contributed by atoms with Crippen molar-refractivity contribution in [2.24, 2.45) is 5.41 Å². The minimum Gasteiger partial charge on any atom is -0.504 e. The van der Waals surface area contributed by atoms with Gasteiger partial charge in [0.1, 0.15) is 5.82 Å². The highest BCUT2D eigenvalue weighted by Gasteiger charge is 2.42. The van der Waals surface area contributed by atoms with Gasteiger partial charge in [0.05, 0.1) is 16.2 Å². The zero-order valence-electron chi connectivity index (χ0n) is 18.5. The SMILES string of the molecule is CCCSc1nc2c(c(=O)[nH]1)C(c1cc(I)c(O)c(OC)c1)C1=C(CC(C)(C)CC1=O)N2. The largest absolute Gasteiger partial charge is 0.504 e. The highest BCUT2D eigenvalue weighted by Crippen LogP contribution is 2.49. The topological polar surface area (TPSA) is 104 Å². The first-order chi connectivity index (χ1) is 15.1. The fourth-order valence-electron chi connectivity index (χ4n) is 4.41. The Morgan fingerprint density at radius 3 is 2.75 bits per heavy atom. The fraction of sp³-hybridized carbons (Fsp3) is 0.435. The molecule has 2 aliphatic rings. The number of methoxy groups -OCH3 is 1. The summed E-state index contributed by atoms with van der Waals surface area (Å²) in [7, 11) is 1.48. The first-order valence-corrected chi connectivity index (χ1v) is 12.6. The molecule has 0 radical (unpaired) electrons. The number of phenolic OH excluding ortho intramolecular Hbond substituents is 1. The summed E-state index contributed by atoms with van der Waals surface area (Å²) in [6.07, 6.45) is 2.05. The van der Waals surface area contributed by atoms with Crippen molar-refractivity contribution in [1.82, 2.24) is 9.97 Å². The van der Waals surface area contributed by atoms with Gasteiger partial charge in [-0.15, -0.1) is 0 Å². The number of halogens is 1. The summed E-state index contributed by atoms with van der Waals surface area (Å²) in [5, 5.41) is 14.2. The van der Waals surface area contributed by atoms with Crippen LogP contribution in [-0.4, -0.2) is 33.7 Å². The van der Waals surface area contributed by atoms with E-state index in [4.69, 9.17) is 9.72 Å². The van der Waals surface area contributed by atoms with Crippen LogP contribution in [0.5, 0.6) is 11.5 Å². The number of nitrogens with zero attached hydrogens (tertiary/aromatic N) is 1. The lowest BCUT2D eigenvalue weighted by atomic mass is 9.69. The van der Waals surface area contributed by atoms with Crippen LogP contribution in [0.25, 0.3) is 0 Å². The molecule has 3 N–H and O–H groups in total. The summed E-state index contributed by atoms with van der Waals surface area (Å²) in [5.74, 6) is 1.10. The average molecular weight is 567 g/mol. The first kappa shape index (κ1) is 23.2. The highest BCUT2D eigenvalue weighted by molar-refractivity contribution is 14.1. The van der Waals surface area contributed by atoms with Gasteiger partial charge in [-0.1, -0.05) is 32.5 Å². The molecule has 1 aliphatic heterocycles. The maximum Gasteiger partial charge on any atom is 0.257 e. The van der Waals surface area contributed by atoms with Crippen molar-refractivity contribution in [3.8, 4) is 11.5 Å². The highest BCUT2D eigenvalue weighted by atomic mass is 127. The van der Waals surface area contributed by atoms with Crippen LogP contribution in [-0.2, 0) is 4.79 Å². The minimum absolute atomic E-state index is 0.0188. The number of hydrogen-bond acceptors (Lipinski definition) is 7. The molecule has 0 saturated carbocycles. The Hall–Kier alpha value is -2.01. The molecule has 4 rings (SSSR count). The van der Waals surface area contributed by atoms with Crippen molar-refractivity contribution >= 4 is 46.0 Å². The van der Waals surface area contributed by atoms with Crippen molar-refractivity contribution < 1.29 is 14.6 Å². The molecule has 1 aliphatic carbocycles. The molecule has 1 atom stereocenters. The van der Waals surface area contributed by atoms with Crippen molar-refractivity contribution in [1.29, 1.82) is 0 Å². The zero-order valence-corrected chi connectivity index (χ0v) is 21.4. The van der Waals surface area contributed by atoms with E-state index in [9.17, 15) is 14.7 Å². The fourth-order valence-corrected chi connectivity index (χ4v) is 5.75. The number of aromatic hydroxyl groups is 1. The number of rotatable bonds is 5. The monoisotopic (exact) mass is 567 g/mol. The Bertz CT molecular complexity index is 1190. The Kier molecular flexibility index (Phi) is 6.32. The van der Waals surface area contributed by atoms with Gasteiger partial charge in [-0.3, -0.25) is 9.59 Å². The average Bonchev–Trinajstić information content (AvgIpc) is 2.71. The van der Waals surface area contributed by atoms with Gasteiger partial charge < -0.3 is 20.1 Å². The van der Waals surface area contributed by atoms with Crippen LogP contribution in [0, 0.1) is 8.99 Å². The van der Waals surface area contributed by atoms with Crippen LogP contribution in [0.15, 0.2) is 33.4 Å². The van der Waals surface area contributed by atoms with Crippen LogP contribution < -0.4 is 15.6 Å². The number of ether oxygens (including phenoxy) is 1. The van der Waals surface area contributed by atoms with Crippen molar-refractivity contribution in [3.63, 3.8) is 0 Å². The number of aromatic nitrogens is 2. The smallest absolute Gasteiger partial charge is 0.257 e. The van der Waals surface area contributed by atoms with Gasteiger partial charge in [-0.05, 0) is 58.5 Å². The second-order valence-electron chi connectivity index (χ2n) is 8.93. The Labute approximate surface area is 204 Å². The van der Waals surface area contributed by atoms with Crippen molar-refractivity contribution in [2.45, 2.75) is 51.1 Å². The van der Waals surface area contributed by atoms with Gasteiger partial charge in [-0.25, -0.2) is 4.98 Å². The molecule has 32 heavy (non-hydrogen) atoms. The van der Waals surface area contributed by atoms with Gasteiger partial charge in [0.2, 0.25) is 0 Å². The number of aromatic amines is 1. The third kappa shape index (κ3) is 4.16. The number of ketones is 1. The van der Waals surface area contributed by atoms with Gasteiger partial charge in [0, 0.05) is 29.4 Å². The maximum atomic E-state index is 13.3. The van der Waals surface area contributed by atoms with E-state index in [2.05, 4.69) is 31.1 Å². The number of fused-ring (bicyclic) bond motifs is 1. The van der Waals surface area contributed by atoms with Crippen LogP contribution in [0.4, 0.5) is 5.82 Å². The Morgan fingerprint density at radius 2 is 2.06 bits per heavy atom. The van der Waals surface area contributed by atoms with E-state index in [1.54, 1.807) is 12.1 Å². The second-order valence-corrected chi connectivity index (χ2v) is 11.2. The molecular formula is C23H26IN3O4S. The molecule has 2 aromatic rings. The predicted molar refractivity (Wildman–Crippen MR) is 134 cm³/mol. The molecule has 1 unspecified atom stereocenters. The summed E-state index contributed by atoms with van der Waals surface area (Å²) in [4.78, 5) is 34.2. The molecule has 1 aromatic carbocycles. The molecule has 0 fully saturated rings. The number of anilines is 1. The summed E-state index contributed by atoms with van der Waals surface area (Å²) in [6, 6.07) is 3.50. The van der Waals surface area contributed by atoms with E-state index in [-0.39, 0.29) is 22.5 Å². The number of allylic oxidation sites excluding steroid dienone is 2. The third-order valence-corrected chi connectivity index (χ3v) is 7.65. The number of nitrogens with one attached hydrogen (secondary N) is 2. The van der Waals surface area contributed by atoms with Crippen LogP contribution >= 0.6 is 34.4 Å². The molecule has 0 amide bonds. The van der Waals surface area contributed by atoms with Crippen LogP contribution in [0.1, 0.15) is 57.1 Å². The van der Waals surface area contributed by atoms with Gasteiger partial charge in [0.25, 0.3) is 5.56 Å². The molecule has 7 nitrogen and oxygen atoms in total. The normalized spacial score (nSPS) is 19.3. The molecule has 0 saturated heterocycles. The van der Waals surface area contributed by atoms with Crippen LogP contribution in [0.3, 0.4) is 0 Å². The van der Waals surface area contributed by atoms with Crippen molar-refractivity contribution in [2.75, 3.05) is 18.2 Å². The molecular weight excluding hydrogens is 541 g/mol. The zero-order chi connectivity index (χ0) is 23.2. The number of hydrogen-bond donors (Lipinski definition) is 3. The first-order valence-electron chi connectivity index (χ1n) is 10.5. The molecule has 9 heteroatoms. The quantitative estimate of drug-likeness (QED) is 0.271. The number of thioether (sulfide) groups is 1. The van der Waals surface area contributed by atoms with E-state index in [1.807, 2.05) is 22.6 Å². The van der Waals surface area contributed by atoms with E-state index < -0.39 is 5.92 Å². The molecule has 0 spiro atoms. The van der Waals surface area contributed by atoms with Gasteiger partial charge in [-0.2, -0.15) is 0 Å². The number of benzene rings is 1. The number of carbonyl (C=O) groups excluding carboxylic acids is 1. The van der Waals surface area contributed by atoms with E-state index in [0.29, 0.717) is 49.8 Å². The van der Waals surface area contributed by atoms with E-state index >= 15 is 0 Å². The summed E-state index contributed by atoms with van der Waals surface area (Å²) >= 11 is 3.53. The maximum absolute atomic E-state index is 13.3. The lowest BCUT2D eigenvalue weighted by Gasteiger charge is -2.38. The Balaban J connectivity index is 1.96. The van der Waals surface area contributed by atoms with E-state index in [0.717, 1.165) is 17.9 Å². The lowest BCUT2D eigenvalue weighted by molar-refractivity contribution is -0.118. The second kappa shape index (κ2) is 8.74. The standard InChI is InChI=1S/C23H26IN3O4S/c1-5-6-32-22-26-20-18(21(30)27-22)16(11-7-12(24)19(29)15(8-11)31-4)17-13(25-20)9-23(2,3)10-14(17)28/h7-8,16,29H,5-6,9-10H2,1-4H3,(H2,25,26,27,30). The number of Topliss-reactive ketones (excluding diaryl/α,β-unsaturated/α-hetero) is 1. The predicted octanol–water partition coefficient (Wildman–Crippen LogP) is 4.79. The molecule has 2 heterocycles. The third-order valence-electron chi connectivity index (χ3n) is 5.75. The summed E-state index contributed by atoms with van der Waals surface area (Å²) < 4.78 is 5.94. The van der Waals surface area contributed by atoms with Gasteiger partial charge >= 0.3 is 0 Å². The van der Waals surface area contributed by atoms with Crippen molar-refractivity contribution in [3.05, 3.63) is 48.5 Å².